The molecule has 0 aromatic heterocycles. The minimum absolute atomic E-state index is 0.0594. The van der Waals surface area contributed by atoms with Gasteiger partial charge in [0.25, 0.3) is 0 Å². The molecule has 0 fully saturated rings. The van der Waals surface area contributed by atoms with Gasteiger partial charge in [-0.1, -0.05) is 35.3 Å². The number of benzene rings is 2. The Morgan fingerprint density at radius 3 is 1.58 bits per heavy atom. The molecule has 0 bridgehead atoms. The van der Waals surface area contributed by atoms with Crippen LogP contribution in [-0.2, 0) is 17.6 Å². The van der Waals surface area contributed by atoms with E-state index in [0.29, 0.717) is 44.0 Å². The Hall–Kier alpha value is -2.11. The predicted octanol–water partition coefficient (Wildman–Crippen LogP) is 3.53. The van der Waals surface area contributed by atoms with Gasteiger partial charge in [0.15, 0.2) is 0 Å². The second-order valence-electron chi connectivity index (χ2n) is 5.20. The van der Waals surface area contributed by atoms with Crippen molar-refractivity contribution in [3.63, 3.8) is 0 Å². The zero-order valence-corrected chi connectivity index (χ0v) is 14.9. The van der Waals surface area contributed by atoms with E-state index in [1.165, 1.54) is 14.2 Å². The fourth-order valence-corrected chi connectivity index (χ4v) is 2.86. The predicted molar refractivity (Wildman–Crippen MR) is 97.2 cm³/mol. The zero-order valence-electron chi connectivity index (χ0n) is 13.4. The number of Topliss-reactive ketones (excluding diaryl/α,β-unsaturated/α-hetero) is 1. The summed E-state index contributed by atoms with van der Waals surface area (Å²) in [5, 5.41) is 0.601. The van der Waals surface area contributed by atoms with Crippen LogP contribution in [0.1, 0.15) is 11.1 Å². The number of halogens is 2. The van der Waals surface area contributed by atoms with Gasteiger partial charge in [0.05, 0.1) is 25.6 Å². The summed E-state index contributed by atoms with van der Waals surface area (Å²) in [5.41, 5.74) is 13.9. The van der Waals surface area contributed by atoms with Crippen LogP contribution in [0, 0.1) is 0 Å². The molecule has 5 nitrogen and oxygen atoms in total. The van der Waals surface area contributed by atoms with Gasteiger partial charge in [-0.05, 0) is 23.3 Å². The monoisotopic (exact) mass is 368 g/mol. The molecule has 0 saturated carbocycles. The number of hydrogen-bond acceptors (Lipinski definition) is 5. The molecule has 4 N–H and O–H groups in total. The number of ketones is 1. The molecule has 0 heterocycles. The van der Waals surface area contributed by atoms with Gasteiger partial charge in [-0.3, -0.25) is 4.79 Å². The third-order valence-electron chi connectivity index (χ3n) is 3.68. The third kappa shape index (κ3) is 3.68. The van der Waals surface area contributed by atoms with Crippen molar-refractivity contribution < 1.29 is 14.3 Å². The van der Waals surface area contributed by atoms with Crippen molar-refractivity contribution in [3.8, 4) is 11.5 Å². The molecule has 0 spiro atoms. The second-order valence-corrected chi connectivity index (χ2v) is 5.96. The quantitative estimate of drug-likeness (QED) is 0.761. The van der Waals surface area contributed by atoms with Crippen LogP contribution in [0.5, 0.6) is 11.5 Å². The van der Waals surface area contributed by atoms with E-state index in [0.717, 1.165) is 0 Å². The maximum atomic E-state index is 12.4. The second kappa shape index (κ2) is 7.64. The van der Waals surface area contributed by atoms with Crippen molar-refractivity contribution in [1.29, 1.82) is 0 Å². The lowest BCUT2D eigenvalue weighted by Gasteiger charge is -2.12. The normalized spacial score (nSPS) is 10.5. The van der Waals surface area contributed by atoms with Crippen LogP contribution in [0.3, 0.4) is 0 Å². The Morgan fingerprint density at radius 1 is 0.875 bits per heavy atom. The Balaban J connectivity index is 2.18. The number of carbonyl (C=O) groups is 1. The van der Waals surface area contributed by atoms with Crippen molar-refractivity contribution in [1.82, 2.24) is 0 Å². The number of hydrogen-bond donors (Lipinski definition) is 2. The van der Waals surface area contributed by atoms with Crippen LogP contribution in [0.4, 0.5) is 11.4 Å². The zero-order chi connectivity index (χ0) is 17.9. The molecule has 24 heavy (non-hydrogen) atoms. The summed E-state index contributed by atoms with van der Waals surface area (Å²) in [6, 6.07) is 6.81. The molecule has 0 aliphatic carbocycles. The van der Waals surface area contributed by atoms with Crippen LogP contribution < -0.4 is 20.9 Å². The van der Waals surface area contributed by atoms with Gasteiger partial charge in [-0.2, -0.15) is 0 Å². The number of carbonyl (C=O) groups excluding carboxylic acids is 1. The smallest absolute Gasteiger partial charge is 0.141 e. The molecule has 0 aliphatic rings. The van der Waals surface area contributed by atoms with Gasteiger partial charge in [0.1, 0.15) is 27.3 Å². The summed E-state index contributed by atoms with van der Waals surface area (Å²) < 4.78 is 10.2. The molecule has 0 radical (unpaired) electrons. The van der Waals surface area contributed by atoms with E-state index in [-0.39, 0.29) is 18.6 Å². The summed E-state index contributed by atoms with van der Waals surface area (Å²) in [4.78, 5) is 12.4. The van der Waals surface area contributed by atoms with Gasteiger partial charge < -0.3 is 20.9 Å². The first-order chi connectivity index (χ1) is 11.4. The minimum Gasteiger partial charge on any atom is -0.495 e. The first-order valence-corrected chi connectivity index (χ1v) is 7.88. The summed E-state index contributed by atoms with van der Waals surface area (Å²) in [6.07, 6.45) is 0.275. The lowest BCUT2D eigenvalue weighted by molar-refractivity contribution is -0.117. The van der Waals surface area contributed by atoms with Crippen molar-refractivity contribution in [2.45, 2.75) is 12.8 Å². The number of ether oxygens (including phenoxy) is 2. The average molecular weight is 369 g/mol. The number of rotatable bonds is 6. The average Bonchev–Trinajstić information content (AvgIpc) is 2.56. The van der Waals surface area contributed by atoms with E-state index >= 15 is 0 Å². The fraction of sp³-hybridized carbons (Fsp3) is 0.235. The lowest BCUT2D eigenvalue weighted by atomic mass is 10.00. The highest BCUT2D eigenvalue weighted by Crippen LogP contribution is 2.34. The standard InChI is InChI=1S/C17H18Cl2N2O3/c1-23-12-5-3-9(16(20)14(12)18)7-11(22)8-10-4-6-13(24-2)15(19)17(10)21/h3-6H,7-8,20-21H2,1-2H3. The number of nitrogen functional groups attached to an aromatic ring is 2. The minimum atomic E-state index is -0.0594. The molecule has 0 saturated heterocycles. The van der Waals surface area contributed by atoms with Crippen LogP contribution in [0.25, 0.3) is 0 Å². The van der Waals surface area contributed by atoms with E-state index in [1.807, 2.05) is 0 Å². The molecule has 0 unspecified atom stereocenters. The third-order valence-corrected chi connectivity index (χ3v) is 4.46. The largest absolute Gasteiger partial charge is 0.495 e. The summed E-state index contributed by atoms with van der Waals surface area (Å²) >= 11 is 12.2. The van der Waals surface area contributed by atoms with E-state index in [9.17, 15) is 4.79 Å². The van der Waals surface area contributed by atoms with Crippen molar-refractivity contribution in [2.75, 3.05) is 25.7 Å². The Bertz CT molecular complexity index is 715. The Morgan fingerprint density at radius 2 is 1.25 bits per heavy atom. The maximum absolute atomic E-state index is 12.4. The molecular weight excluding hydrogens is 351 g/mol. The van der Waals surface area contributed by atoms with Gasteiger partial charge in [0.2, 0.25) is 0 Å². The molecule has 128 valence electrons. The first kappa shape index (κ1) is 18.2. The summed E-state index contributed by atoms with van der Waals surface area (Å²) in [6.45, 7) is 0. The van der Waals surface area contributed by atoms with Crippen LogP contribution >= 0.6 is 23.2 Å². The van der Waals surface area contributed by atoms with Gasteiger partial charge in [-0.15, -0.1) is 0 Å². The fourth-order valence-electron chi connectivity index (χ4n) is 2.34. The van der Waals surface area contributed by atoms with E-state index in [1.54, 1.807) is 24.3 Å². The van der Waals surface area contributed by atoms with Crippen LogP contribution in [-0.4, -0.2) is 20.0 Å². The SMILES string of the molecule is COc1ccc(CC(=O)Cc2ccc(OC)c(Cl)c2N)c(N)c1Cl. The Labute approximate surface area is 150 Å². The molecule has 0 atom stereocenters. The van der Waals surface area contributed by atoms with E-state index in [4.69, 9.17) is 44.1 Å². The van der Waals surface area contributed by atoms with Crippen molar-refractivity contribution in [2.24, 2.45) is 0 Å². The van der Waals surface area contributed by atoms with Crippen molar-refractivity contribution >= 4 is 40.4 Å². The molecular formula is C17H18Cl2N2O3. The number of methoxy groups -OCH3 is 2. The summed E-state index contributed by atoms with van der Waals surface area (Å²) in [5.74, 6) is 0.879. The van der Waals surface area contributed by atoms with Crippen molar-refractivity contribution in [3.05, 3.63) is 45.4 Å². The summed E-state index contributed by atoms with van der Waals surface area (Å²) in [7, 11) is 3.00. The molecule has 0 aliphatic heterocycles. The molecule has 2 aromatic rings. The first-order valence-electron chi connectivity index (χ1n) is 7.12. The number of nitrogens with two attached hydrogens (primary N) is 2. The topological polar surface area (TPSA) is 87.6 Å². The van der Waals surface area contributed by atoms with Gasteiger partial charge >= 0.3 is 0 Å². The van der Waals surface area contributed by atoms with Crippen LogP contribution in [0.15, 0.2) is 24.3 Å². The Kier molecular flexibility index (Phi) is 5.80. The number of anilines is 2. The van der Waals surface area contributed by atoms with E-state index < -0.39 is 0 Å². The van der Waals surface area contributed by atoms with Gasteiger partial charge in [-0.25, -0.2) is 0 Å². The lowest BCUT2D eigenvalue weighted by Crippen LogP contribution is -2.10. The van der Waals surface area contributed by atoms with Gasteiger partial charge in [0, 0.05) is 12.8 Å². The highest BCUT2D eigenvalue weighted by molar-refractivity contribution is 6.35. The molecule has 2 aromatic carbocycles. The molecule has 2 rings (SSSR count). The molecule has 0 amide bonds. The van der Waals surface area contributed by atoms with E-state index in [2.05, 4.69) is 0 Å². The maximum Gasteiger partial charge on any atom is 0.141 e. The highest BCUT2D eigenvalue weighted by atomic mass is 35.5. The molecule has 7 heteroatoms. The highest BCUT2D eigenvalue weighted by Gasteiger charge is 2.16. The van der Waals surface area contributed by atoms with Crippen LogP contribution in [0.2, 0.25) is 10.0 Å².